The Morgan fingerprint density at radius 1 is 1.21 bits per heavy atom. The lowest BCUT2D eigenvalue weighted by Crippen LogP contribution is -2.42. The summed E-state index contributed by atoms with van der Waals surface area (Å²) < 4.78 is 0. The summed E-state index contributed by atoms with van der Waals surface area (Å²) in [6, 6.07) is 14.6. The molecule has 2 heterocycles. The van der Waals surface area contributed by atoms with Crippen LogP contribution in [0.1, 0.15) is 22.8 Å². The van der Waals surface area contributed by atoms with Crippen molar-refractivity contribution < 1.29 is 9.59 Å². The van der Waals surface area contributed by atoms with Crippen LogP contribution in [0.2, 0.25) is 0 Å². The largest absolute Gasteiger partial charge is 0.361 e. The van der Waals surface area contributed by atoms with Gasteiger partial charge in [0, 0.05) is 29.5 Å². The van der Waals surface area contributed by atoms with E-state index >= 15 is 0 Å². The van der Waals surface area contributed by atoms with Crippen molar-refractivity contribution in [2.45, 2.75) is 19.5 Å². The second-order valence-electron chi connectivity index (χ2n) is 6.04. The van der Waals surface area contributed by atoms with Crippen molar-refractivity contribution in [3.63, 3.8) is 0 Å². The molecule has 0 saturated carbocycles. The van der Waals surface area contributed by atoms with E-state index in [1.54, 1.807) is 11.8 Å². The zero-order valence-corrected chi connectivity index (χ0v) is 13.2. The maximum absolute atomic E-state index is 12.6. The minimum atomic E-state index is -0.538. The molecule has 1 atom stereocenters. The zero-order valence-electron chi connectivity index (χ0n) is 13.2. The highest BCUT2D eigenvalue weighted by Crippen LogP contribution is 2.25. The van der Waals surface area contributed by atoms with Crippen molar-refractivity contribution in [1.82, 2.24) is 9.88 Å². The van der Waals surface area contributed by atoms with Crippen molar-refractivity contribution in [2.24, 2.45) is 0 Å². The highest BCUT2D eigenvalue weighted by molar-refractivity contribution is 6.03. The van der Waals surface area contributed by atoms with E-state index in [1.165, 1.54) is 0 Å². The van der Waals surface area contributed by atoms with Crippen LogP contribution < -0.4 is 5.32 Å². The van der Waals surface area contributed by atoms with E-state index in [0.717, 1.165) is 16.5 Å². The van der Waals surface area contributed by atoms with Gasteiger partial charge in [-0.3, -0.25) is 9.59 Å². The number of carbonyl (C=O) groups is 2. The van der Waals surface area contributed by atoms with Crippen molar-refractivity contribution in [1.29, 1.82) is 0 Å². The highest BCUT2D eigenvalue weighted by atomic mass is 16.2. The first-order valence-electron chi connectivity index (χ1n) is 7.90. The van der Waals surface area contributed by atoms with Gasteiger partial charge in [-0.1, -0.05) is 24.3 Å². The van der Waals surface area contributed by atoms with Gasteiger partial charge in [0.2, 0.25) is 5.91 Å². The Morgan fingerprint density at radius 3 is 2.88 bits per heavy atom. The average Bonchev–Trinajstić information content (AvgIpc) is 3.18. The molecule has 2 N–H and O–H groups in total. The number of carbonyl (C=O) groups excluding carboxylic acids is 2. The van der Waals surface area contributed by atoms with Gasteiger partial charge in [0.15, 0.2) is 0 Å². The molecule has 0 spiro atoms. The molecule has 1 aliphatic rings. The van der Waals surface area contributed by atoms with Gasteiger partial charge in [0.05, 0.1) is 0 Å². The van der Waals surface area contributed by atoms with E-state index in [-0.39, 0.29) is 11.8 Å². The van der Waals surface area contributed by atoms with Crippen LogP contribution in [0, 0.1) is 0 Å². The summed E-state index contributed by atoms with van der Waals surface area (Å²) >= 11 is 0. The number of fused-ring (bicyclic) bond motifs is 2. The molecular weight excluding hydrogens is 302 g/mol. The summed E-state index contributed by atoms with van der Waals surface area (Å²) in [6.45, 7) is 2.23. The fourth-order valence-corrected chi connectivity index (χ4v) is 3.10. The maximum atomic E-state index is 12.6. The second kappa shape index (κ2) is 5.53. The van der Waals surface area contributed by atoms with Crippen LogP contribution in [-0.2, 0) is 11.3 Å². The Balaban J connectivity index is 1.51. The molecule has 0 bridgehead atoms. The molecule has 2 amide bonds. The molecule has 5 heteroatoms. The molecule has 2 aromatic carbocycles. The number of amides is 2. The smallest absolute Gasteiger partial charge is 0.255 e. The number of H-pyrrole nitrogens is 1. The van der Waals surface area contributed by atoms with Crippen LogP contribution >= 0.6 is 0 Å². The zero-order chi connectivity index (χ0) is 16.7. The van der Waals surface area contributed by atoms with Gasteiger partial charge in [-0.25, -0.2) is 0 Å². The second-order valence-corrected chi connectivity index (χ2v) is 6.04. The molecule has 1 aromatic heterocycles. The third-order valence-corrected chi connectivity index (χ3v) is 4.52. The van der Waals surface area contributed by atoms with E-state index in [4.69, 9.17) is 0 Å². The molecule has 5 nitrogen and oxygen atoms in total. The molecule has 1 unspecified atom stereocenters. The molecule has 0 fully saturated rings. The van der Waals surface area contributed by atoms with Gasteiger partial charge in [0.1, 0.15) is 6.04 Å². The van der Waals surface area contributed by atoms with Gasteiger partial charge >= 0.3 is 0 Å². The van der Waals surface area contributed by atoms with E-state index in [9.17, 15) is 9.59 Å². The lowest BCUT2D eigenvalue weighted by atomic mass is 10.1. The summed E-state index contributed by atoms with van der Waals surface area (Å²) in [5.41, 5.74) is 3.33. The molecule has 3 aromatic rings. The molecule has 0 aliphatic carbocycles. The van der Waals surface area contributed by atoms with Gasteiger partial charge in [0.25, 0.3) is 5.91 Å². The number of benzene rings is 2. The number of anilines is 1. The molecule has 24 heavy (non-hydrogen) atoms. The van der Waals surface area contributed by atoms with Crippen LogP contribution in [-0.4, -0.2) is 27.7 Å². The number of aromatic amines is 1. The predicted octanol–water partition coefficient (Wildman–Crippen LogP) is 3.15. The van der Waals surface area contributed by atoms with Crippen molar-refractivity contribution in [3.8, 4) is 0 Å². The molecule has 4 rings (SSSR count). The normalized spacial score (nSPS) is 14.7. The van der Waals surface area contributed by atoms with E-state index in [2.05, 4.69) is 10.3 Å². The topological polar surface area (TPSA) is 65.2 Å². The van der Waals surface area contributed by atoms with Gasteiger partial charge < -0.3 is 15.2 Å². The van der Waals surface area contributed by atoms with Crippen LogP contribution in [0.5, 0.6) is 0 Å². The standard InChI is InChI=1S/C19H17N3O2/c1-12(22-11-14-4-2-3-5-16(14)19(22)24)18(23)21-15-7-6-13-8-9-20-17(13)10-15/h2-10,12,20H,11H2,1H3,(H,21,23). The van der Waals surface area contributed by atoms with Crippen molar-refractivity contribution >= 4 is 28.4 Å². The third kappa shape index (κ3) is 2.34. The molecular formula is C19H17N3O2. The quantitative estimate of drug-likeness (QED) is 0.779. The number of aromatic nitrogens is 1. The third-order valence-electron chi connectivity index (χ3n) is 4.52. The Kier molecular flexibility index (Phi) is 3.34. The van der Waals surface area contributed by atoms with Crippen LogP contribution in [0.15, 0.2) is 54.7 Å². The van der Waals surface area contributed by atoms with Crippen LogP contribution in [0.4, 0.5) is 5.69 Å². The average molecular weight is 319 g/mol. The first-order valence-corrected chi connectivity index (χ1v) is 7.90. The maximum Gasteiger partial charge on any atom is 0.255 e. The minimum Gasteiger partial charge on any atom is -0.361 e. The summed E-state index contributed by atoms with van der Waals surface area (Å²) in [5.74, 6) is -0.282. The highest BCUT2D eigenvalue weighted by Gasteiger charge is 2.33. The van der Waals surface area contributed by atoms with E-state index in [1.807, 2.05) is 54.7 Å². The SMILES string of the molecule is CC(C(=O)Nc1ccc2cc[nH]c2c1)N1Cc2ccccc2C1=O. The first-order chi connectivity index (χ1) is 11.6. The number of rotatable bonds is 3. The molecule has 0 radical (unpaired) electrons. The Labute approximate surface area is 139 Å². The lowest BCUT2D eigenvalue weighted by Gasteiger charge is -2.23. The van der Waals surface area contributed by atoms with E-state index in [0.29, 0.717) is 17.8 Å². The fourth-order valence-electron chi connectivity index (χ4n) is 3.10. The number of nitrogens with zero attached hydrogens (tertiary/aromatic N) is 1. The van der Waals surface area contributed by atoms with E-state index < -0.39 is 6.04 Å². The summed E-state index contributed by atoms with van der Waals surface area (Å²) in [4.78, 5) is 29.8. The first kappa shape index (κ1) is 14.5. The van der Waals surface area contributed by atoms with Crippen LogP contribution in [0.3, 0.4) is 0 Å². The van der Waals surface area contributed by atoms with Gasteiger partial charge in [-0.05, 0) is 42.1 Å². The predicted molar refractivity (Wildman–Crippen MR) is 92.7 cm³/mol. The molecule has 0 saturated heterocycles. The van der Waals surface area contributed by atoms with Crippen molar-refractivity contribution in [3.05, 3.63) is 65.9 Å². The fraction of sp³-hybridized carbons (Fsp3) is 0.158. The number of hydrogen-bond donors (Lipinski definition) is 2. The molecule has 120 valence electrons. The monoisotopic (exact) mass is 319 g/mol. The van der Waals surface area contributed by atoms with Gasteiger partial charge in [-0.15, -0.1) is 0 Å². The number of hydrogen-bond acceptors (Lipinski definition) is 2. The Hall–Kier alpha value is -3.08. The Bertz CT molecular complexity index is 944. The lowest BCUT2D eigenvalue weighted by molar-refractivity contribution is -0.120. The van der Waals surface area contributed by atoms with Crippen LogP contribution in [0.25, 0.3) is 10.9 Å². The summed E-state index contributed by atoms with van der Waals surface area (Å²) in [6.07, 6.45) is 1.86. The summed E-state index contributed by atoms with van der Waals surface area (Å²) in [5, 5.41) is 3.98. The van der Waals surface area contributed by atoms with Gasteiger partial charge in [-0.2, -0.15) is 0 Å². The summed E-state index contributed by atoms with van der Waals surface area (Å²) in [7, 11) is 0. The minimum absolute atomic E-state index is 0.0897. The molecule has 1 aliphatic heterocycles. The number of nitrogens with one attached hydrogen (secondary N) is 2. The van der Waals surface area contributed by atoms with Crippen molar-refractivity contribution in [2.75, 3.05) is 5.32 Å². The Morgan fingerprint density at radius 2 is 2.04 bits per heavy atom.